The maximum Gasteiger partial charge on any atom is 0.274 e. The van der Waals surface area contributed by atoms with Gasteiger partial charge in [0.2, 0.25) is 5.43 Å². The van der Waals surface area contributed by atoms with E-state index in [2.05, 4.69) is 5.32 Å². The zero-order valence-corrected chi connectivity index (χ0v) is 17.7. The summed E-state index contributed by atoms with van der Waals surface area (Å²) >= 11 is 0. The van der Waals surface area contributed by atoms with Gasteiger partial charge in [0.05, 0.1) is 12.1 Å². The van der Waals surface area contributed by atoms with Crippen molar-refractivity contribution in [1.82, 2.24) is 14.8 Å². The first kappa shape index (κ1) is 21.9. The smallest absolute Gasteiger partial charge is 0.274 e. The average molecular weight is 447 g/mol. The van der Waals surface area contributed by atoms with Crippen LogP contribution in [0.5, 0.6) is 5.75 Å². The molecule has 2 atom stereocenters. The van der Waals surface area contributed by atoms with Crippen molar-refractivity contribution in [2.24, 2.45) is 5.92 Å². The third-order valence-corrected chi connectivity index (χ3v) is 6.27. The van der Waals surface area contributed by atoms with Gasteiger partial charge in [0.25, 0.3) is 11.8 Å². The van der Waals surface area contributed by atoms with Crippen LogP contribution in [-0.4, -0.2) is 53.2 Å². The fraction of sp³-hybridized carbons (Fsp3) is 0.409. The molecule has 2 heterocycles. The van der Waals surface area contributed by atoms with Crippen molar-refractivity contribution in [1.29, 1.82) is 0 Å². The van der Waals surface area contributed by atoms with Gasteiger partial charge in [-0.3, -0.25) is 14.4 Å². The normalized spacial score (nSPS) is 21.6. The second kappa shape index (κ2) is 8.01. The first-order valence-corrected chi connectivity index (χ1v) is 10.2. The van der Waals surface area contributed by atoms with Gasteiger partial charge < -0.3 is 24.6 Å². The van der Waals surface area contributed by atoms with Crippen LogP contribution >= 0.6 is 0 Å². The number of methoxy groups -OCH3 is 1. The topological polar surface area (TPSA) is 101 Å². The van der Waals surface area contributed by atoms with Gasteiger partial charge >= 0.3 is 0 Å². The molecule has 170 valence electrons. The van der Waals surface area contributed by atoms with Gasteiger partial charge in [0.1, 0.15) is 17.2 Å². The minimum atomic E-state index is -0.987. The third-order valence-electron chi connectivity index (χ3n) is 6.27. The van der Waals surface area contributed by atoms with E-state index in [1.807, 2.05) is 0 Å². The number of aromatic hydroxyl groups is 1. The van der Waals surface area contributed by atoms with Crippen LogP contribution in [0.2, 0.25) is 0 Å². The molecule has 2 aliphatic rings. The van der Waals surface area contributed by atoms with Crippen molar-refractivity contribution in [2.45, 2.75) is 25.4 Å². The van der Waals surface area contributed by atoms with E-state index in [0.29, 0.717) is 32.2 Å². The Hall–Kier alpha value is -3.27. The number of amides is 2. The second-order valence-electron chi connectivity index (χ2n) is 8.14. The van der Waals surface area contributed by atoms with E-state index in [1.165, 1.54) is 16.8 Å². The molecule has 2 N–H and O–H groups in total. The average Bonchev–Trinajstić information content (AvgIpc) is 3.44. The largest absolute Gasteiger partial charge is 0.503 e. The molecule has 2 aromatic rings. The molecule has 4 rings (SSSR count). The van der Waals surface area contributed by atoms with Gasteiger partial charge in [-0.15, -0.1) is 0 Å². The number of hydrogen-bond acceptors (Lipinski definition) is 5. The highest BCUT2D eigenvalue weighted by Crippen LogP contribution is 2.54. The van der Waals surface area contributed by atoms with E-state index >= 15 is 0 Å². The Morgan fingerprint density at radius 1 is 1.34 bits per heavy atom. The molecule has 0 unspecified atom stereocenters. The number of rotatable bonds is 6. The fourth-order valence-electron chi connectivity index (χ4n) is 4.41. The maximum atomic E-state index is 13.9. The van der Waals surface area contributed by atoms with E-state index in [0.717, 1.165) is 6.07 Å². The Morgan fingerprint density at radius 2 is 2.09 bits per heavy atom. The Bertz CT molecular complexity index is 1160. The van der Waals surface area contributed by atoms with Gasteiger partial charge in [-0.1, -0.05) is 6.07 Å². The van der Waals surface area contributed by atoms with Gasteiger partial charge in [-0.05, 0) is 19.4 Å². The molecule has 1 saturated carbocycles. The van der Waals surface area contributed by atoms with Gasteiger partial charge in [-0.25, -0.2) is 8.78 Å². The lowest BCUT2D eigenvalue weighted by Crippen LogP contribution is -2.49. The summed E-state index contributed by atoms with van der Waals surface area (Å²) in [4.78, 5) is 39.9. The van der Waals surface area contributed by atoms with Gasteiger partial charge in [0, 0.05) is 50.5 Å². The Labute approximate surface area is 182 Å². The third kappa shape index (κ3) is 3.44. The number of benzene rings is 1. The van der Waals surface area contributed by atoms with Gasteiger partial charge in [0.15, 0.2) is 11.4 Å². The molecular weight excluding hydrogens is 424 g/mol. The number of nitrogens with zero attached hydrogens (tertiary/aromatic N) is 2. The number of fused-ring (bicyclic) bond motifs is 2. The number of nitrogens with one attached hydrogen (secondary N) is 1. The lowest BCUT2D eigenvalue weighted by atomic mass is 10.0. The van der Waals surface area contributed by atoms with Crippen molar-refractivity contribution in [3.63, 3.8) is 0 Å². The quantitative estimate of drug-likeness (QED) is 0.701. The summed E-state index contributed by atoms with van der Waals surface area (Å²) < 4.78 is 33.7. The lowest BCUT2D eigenvalue weighted by Gasteiger charge is -2.37. The molecule has 1 fully saturated rings. The molecule has 2 amide bonds. The Kier molecular flexibility index (Phi) is 5.49. The number of aromatic nitrogens is 1. The highest BCUT2D eigenvalue weighted by atomic mass is 19.1. The lowest BCUT2D eigenvalue weighted by molar-refractivity contribution is 0.0622. The zero-order chi connectivity index (χ0) is 23.2. The van der Waals surface area contributed by atoms with Crippen LogP contribution in [0.3, 0.4) is 0 Å². The predicted octanol–water partition coefficient (Wildman–Crippen LogP) is 1.60. The minimum Gasteiger partial charge on any atom is -0.503 e. The van der Waals surface area contributed by atoms with Crippen molar-refractivity contribution in [3.8, 4) is 5.75 Å². The molecule has 0 radical (unpaired) electrons. The number of pyridine rings is 1. The van der Waals surface area contributed by atoms with Crippen molar-refractivity contribution in [2.75, 3.05) is 26.8 Å². The van der Waals surface area contributed by atoms with Crippen LogP contribution in [0.4, 0.5) is 8.78 Å². The monoisotopic (exact) mass is 447 g/mol. The number of ether oxygens (including phenoxy) is 1. The van der Waals surface area contributed by atoms with E-state index < -0.39 is 40.2 Å². The summed E-state index contributed by atoms with van der Waals surface area (Å²) in [6.45, 7) is 2.71. The molecule has 0 saturated heterocycles. The fourth-order valence-corrected chi connectivity index (χ4v) is 4.41. The van der Waals surface area contributed by atoms with E-state index in [-0.39, 0.29) is 29.3 Å². The molecule has 0 bridgehead atoms. The summed E-state index contributed by atoms with van der Waals surface area (Å²) in [5.74, 6) is -3.66. The molecule has 1 aliphatic heterocycles. The molecule has 10 heteroatoms. The highest BCUT2D eigenvalue weighted by Gasteiger charge is 2.60. The minimum absolute atomic E-state index is 0.0367. The summed E-state index contributed by atoms with van der Waals surface area (Å²) in [5.41, 5.74) is -2.05. The Balaban J connectivity index is 1.70. The summed E-state index contributed by atoms with van der Waals surface area (Å²) in [6.07, 6.45) is 1.94. The molecular formula is C22H23F2N3O5. The van der Waals surface area contributed by atoms with E-state index in [1.54, 1.807) is 18.9 Å². The molecule has 1 aromatic heterocycles. The van der Waals surface area contributed by atoms with Crippen LogP contribution in [0.15, 0.2) is 29.2 Å². The SMILES string of the molecule is CCN1C[C@@]2(C[C@H]2COC)n2cc(C(=O)NCc3ccc(F)cc3F)c(=O)c(O)c2C1=O. The van der Waals surface area contributed by atoms with Gasteiger partial charge in [-0.2, -0.15) is 0 Å². The molecule has 8 nitrogen and oxygen atoms in total. The van der Waals surface area contributed by atoms with Crippen molar-refractivity contribution in [3.05, 3.63) is 63.1 Å². The maximum absolute atomic E-state index is 13.9. The number of carbonyl (C=O) groups is 2. The summed E-state index contributed by atoms with van der Waals surface area (Å²) in [7, 11) is 1.56. The number of likely N-dealkylation sites (N-methyl/N-ethyl adjacent to an activating group) is 1. The summed E-state index contributed by atoms with van der Waals surface area (Å²) in [6, 6.07) is 2.94. The van der Waals surface area contributed by atoms with E-state index in [4.69, 9.17) is 4.74 Å². The van der Waals surface area contributed by atoms with Crippen LogP contribution < -0.4 is 10.7 Å². The van der Waals surface area contributed by atoms with Crippen LogP contribution in [-0.2, 0) is 16.8 Å². The first-order valence-electron chi connectivity index (χ1n) is 10.2. The molecule has 1 aromatic carbocycles. The molecule has 32 heavy (non-hydrogen) atoms. The molecule has 1 aliphatic carbocycles. The summed E-state index contributed by atoms with van der Waals surface area (Å²) in [5, 5.41) is 13.0. The Morgan fingerprint density at radius 3 is 2.75 bits per heavy atom. The van der Waals surface area contributed by atoms with Crippen LogP contribution in [0.25, 0.3) is 0 Å². The number of halogens is 2. The first-order chi connectivity index (χ1) is 15.2. The second-order valence-corrected chi connectivity index (χ2v) is 8.14. The standard InChI is InChI=1S/C22H23F2N3O5/c1-3-26-11-22(7-13(22)10-32-2)27-9-15(18(28)19(29)17(27)21(26)31)20(30)25-8-12-4-5-14(23)6-16(12)24/h4-6,9,13,29H,3,7-8,10-11H2,1-2H3,(H,25,30)/t13-,22+/m0/s1. The zero-order valence-electron chi connectivity index (χ0n) is 17.7. The van der Waals surface area contributed by atoms with Crippen molar-refractivity contribution < 1.29 is 28.2 Å². The van der Waals surface area contributed by atoms with Crippen LogP contribution in [0.1, 0.15) is 39.8 Å². The van der Waals surface area contributed by atoms with Crippen LogP contribution in [0, 0.1) is 17.6 Å². The highest BCUT2D eigenvalue weighted by molar-refractivity contribution is 5.99. The molecule has 1 spiro atoms. The number of carbonyl (C=O) groups excluding carboxylic acids is 2. The van der Waals surface area contributed by atoms with Crippen molar-refractivity contribution >= 4 is 11.8 Å². The van der Waals surface area contributed by atoms with E-state index in [9.17, 15) is 28.3 Å². The predicted molar refractivity (Wildman–Crippen MR) is 109 cm³/mol. The number of hydrogen-bond donors (Lipinski definition) is 2.